The number of nitrogens with zero attached hydrogens (tertiary/aromatic N) is 1. The highest BCUT2D eigenvalue weighted by Crippen LogP contribution is 2.29. The lowest BCUT2D eigenvalue weighted by molar-refractivity contribution is 0.606. The van der Waals surface area contributed by atoms with E-state index in [4.69, 9.17) is 22.3 Å². The van der Waals surface area contributed by atoms with E-state index in [1.807, 2.05) is 0 Å². The molecule has 74 valence electrons. The molecule has 4 nitrogen and oxygen atoms in total. The molecule has 0 radical (unpaired) electrons. The van der Waals surface area contributed by atoms with Gasteiger partial charge in [0.05, 0.1) is 15.9 Å². The summed E-state index contributed by atoms with van der Waals surface area (Å²) in [5, 5.41) is 6.57. The molecule has 1 aromatic carbocycles. The van der Waals surface area contributed by atoms with Gasteiger partial charge in [-0.15, -0.1) is 0 Å². The van der Waals surface area contributed by atoms with Crippen molar-refractivity contribution in [1.82, 2.24) is 10.2 Å². The molecule has 2 aromatic rings. The molecule has 1 heterocycles. The summed E-state index contributed by atoms with van der Waals surface area (Å²) in [6, 6.07) is 4.89. The normalized spacial score (nSPS) is 12.1. The number of halogens is 2. The van der Waals surface area contributed by atoms with Crippen molar-refractivity contribution in [3.63, 3.8) is 0 Å². The Hall–Kier alpha value is -0.780. The fourth-order valence-electron chi connectivity index (χ4n) is 1.17. The fraction of sp³-hybridized carbons (Fsp3) is 0. The second-order valence-electron chi connectivity index (χ2n) is 2.62. The van der Waals surface area contributed by atoms with Gasteiger partial charge < -0.3 is 0 Å². The Balaban J connectivity index is 2.94. The lowest BCUT2D eigenvalue weighted by atomic mass is 10.3. The van der Waals surface area contributed by atoms with Gasteiger partial charge >= 0.3 is 0 Å². The third-order valence-corrected chi connectivity index (χ3v) is 3.30. The van der Waals surface area contributed by atoms with Crippen LogP contribution in [0.5, 0.6) is 0 Å². The summed E-state index contributed by atoms with van der Waals surface area (Å²) in [5.41, 5.74) is 0.469. The predicted molar refractivity (Wildman–Crippen MR) is 54.1 cm³/mol. The van der Waals surface area contributed by atoms with Gasteiger partial charge in [0, 0.05) is 10.7 Å². The van der Waals surface area contributed by atoms with E-state index >= 15 is 0 Å². The average molecular weight is 251 g/mol. The van der Waals surface area contributed by atoms with E-state index in [-0.39, 0.29) is 5.03 Å². The Morgan fingerprint density at radius 2 is 2.07 bits per heavy atom. The van der Waals surface area contributed by atoms with Crippen molar-refractivity contribution >= 4 is 42.2 Å². The molecule has 0 aliphatic carbocycles. The topological polar surface area (TPSA) is 62.8 Å². The fourth-order valence-corrected chi connectivity index (χ4v) is 2.44. The third kappa shape index (κ3) is 1.47. The predicted octanol–water partition coefficient (Wildman–Crippen LogP) is 2.14. The molecule has 0 bridgehead atoms. The highest BCUT2D eigenvalue weighted by molar-refractivity contribution is 8.13. The van der Waals surface area contributed by atoms with Crippen molar-refractivity contribution in [3.8, 4) is 0 Å². The molecular formula is C7H4Cl2N2O2S. The number of nitrogens with one attached hydrogen (secondary N) is 1. The summed E-state index contributed by atoms with van der Waals surface area (Å²) >= 11 is 5.83. The summed E-state index contributed by atoms with van der Waals surface area (Å²) in [7, 11) is 1.35. The monoisotopic (exact) mass is 250 g/mol. The molecule has 0 fully saturated rings. The number of H-pyrrole nitrogens is 1. The highest BCUT2D eigenvalue weighted by Gasteiger charge is 2.19. The van der Waals surface area contributed by atoms with E-state index in [1.54, 1.807) is 18.2 Å². The van der Waals surface area contributed by atoms with Gasteiger partial charge in [-0.2, -0.15) is 5.10 Å². The Kier molecular flexibility index (Phi) is 2.17. The summed E-state index contributed by atoms with van der Waals surface area (Å²) in [6.07, 6.45) is 0. The van der Waals surface area contributed by atoms with Gasteiger partial charge in [0.1, 0.15) is 0 Å². The quantitative estimate of drug-likeness (QED) is 0.790. The second kappa shape index (κ2) is 3.12. The average Bonchev–Trinajstić information content (AvgIpc) is 2.47. The zero-order valence-electron chi connectivity index (χ0n) is 6.66. The van der Waals surface area contributed by atoms with Crippen molar-refractivity contribution in [2.24, 2.45) is 0 Å². The van der Waals surface area contributed by atoms with Crippen molar-refractivity contribution in [3.05, 3.63) is 23.2 Å². The maximum atomic E-state index is 11.1. The van der Waals surface area contributed by atoms with E-state index in [0.29, 0.717) is 15.9 Å². The van der Waals surface area contributed by atoms with E-state index < -0.39 is 9.05 Å². The lowest BCUT2D eigenvalue weighted by Crippen LogP contribution is -1.91. The van der Waals surface area contributed by atoms with Crippen molar-refractivity contribution in [2.75, 3.05) is 0 Å². The minimum Gasteiger partial charge on any atom is -0.265 e. The first kappa shape index (κ1) is 9.76. The number of hydrogen-bond donors (Lipinski definition) is 1. The molecule has 0 unspecified atom stereocenters. The molecular weight excluding hydrogens is 247 g/mol. The van der Waals surface area contributed by atoms with Gasteiger partial charge in [0.25, 0.3) is 9.05 Å². The smallest absolute Gasteiger partial charge is 0.265 e. The Bertz CT molecular complexity index is 591. The van der Waals surface area contributed by atoms with Crippen LogP contribution in [0.15, 0.2) is 23.2 Å². The lowest BCUT2D eigenvalue weighted by Gasteiger charge is -1.94. The molecule has 0 saturated carbocycles. The number of rotatable bonds is 1. The van der Waals surface area contributed by atoms with E-state index in [1.165, 1.54) is 0 Å². The van der Waals surface area contributed by atoms with Gasteiger partial charge in [0.15, 0.2) is 5.03 Å². The van der Waals surface area contributed by atoms with Gasteiger partial charge in [-0.1, -0.05) is 17.7 Å². The number of aromatic amines is 1. The zero-order chi connectivity index (χ0) is 10.3. The summed E-state index contributed by atoms with van der Waals surface area (Å²) < 4.78 is 22.2. The maximum Gasteiger partial charge on any atom is 0.278 e. The molecule has 0 spiro atoms. The van der Waals surface area contributed by atoms with Crippen LogP contribution in [0.25, 0.3) is 10.9 Å². The minimum absolute atomic E-state index is 0.167. The molecule has 0 aliphatic rings. The summed E-state index contributed by atoms with van der Waals surface area (Å²) in [5.74, 6) is 0. The van der Waals surface area contributed by atoms with Crippen LogP contribution in [-0.4, -0.2) is 18.6 Å². The number of benzene rings is 1. The van der Waals surface area contributed by atoms with Gasteiger partial charge in [-0.25, -0.2) is 8.42 Å². The molecule has 1 N–H and O–H groups in total. The van der Waals surface area contributed by atoms with Crippen molar-refractivity contribution in [2.45, 2.75) is 5.03 Å². The van der Waals surface area contributed by atoms with Gasteiger partial charge in [0.2, 0.25) is 0 Å². The first-order valence-corrected chi connectivity index (χ1v) is 6.26. The second-order valence-corrected chi connectivity index (χ2v) is 5.53. The molecule has 14 heavy (non-hydrogen) atoms. The van der Waals surface area contributed by atoms with Crippen LogP contribution >= 0.6 is 22.3 Å². The maximum absolute atomic E-state index is 11.1. The molecule has 0 saturated heterocycles. The number of aromatic nitrogens is 2. The van der Waals surface area contributed by atoms with E-state index in [9.17, 15) is 8.42 Å². The summed E-state index contributed by atoms with van der Waals surface area (Å²) in [4.78, 5) is 0. The molecule has 7 heteroatoms. The third-order valence-electron chi connectivity index (χ3n) is 1.74. The molecule has 1 aromatic heterocycles. The summed E-state index contributed by atoms with van der Waals surface area (Å²) in [6.45, 7) is 0. The van der Waals surface area contributed by atoms with Crippen LogP contribution in [0, 0.1) is 0 Å². The zero-order valence-corrected chi connectivity index (χ0v) is 8.99. The van der Waals surface area contributed by atoms with Crippen LogP contribution in [0.4, 0.5) is 0 Å². The molecule has 0 atom stereocenters. The van der Waals surface area contributed by atoms with Crippen LogP contribution in [-0.2, 0) is 9.05 Å². The molecule has 0 amide bonds. The van der Waals surface area contributed by atoms with Crippen molar-refractivity contribution < 1.29 is 8.42 Å². The first-order valence-electron chi connectivity index (χ1n) is 3.57. The Labute approximate surface area is 89.2 Å². The van der Waals surface area contributed by atoms with Crippen LogP contribution < -0.4 is 0 Å². The highest BCUT2D eigenvalue weighted by atomic mass is 35.7. The molecule has 0 aliphatic heterocycles. The number of hydrogen-bond acceptors (Lipinski definition) is 3. The van der Waals surface area contributed by atoms with Crippen LogP contribution in [0.3, 0.4) is 0 Å². The van der Waals surface area contributed by atoms with Crippen molar-refractivity contribution in [1.29, 1.82) is 0 Å². The van der Waals surface area contributed by atoms with E-state index in [2.05, 4.69) is 10.2 Å². The first-order chi connectivity index (χ1) is 6.50. The van der Waals surface area contributed by atoms with E-state index in [0.717, 1.165) is 0 Å². The van der Waals surface area contributed by atoms with Gasteiger partial charge in [-0.05, 0) is 12.1 Å². The van der Waals surface area contributed by atoms with Gasteiger partial charge in [-0.3, -0.25) is 5.10 Å². The Morgan fingerprint density at radius 1 is 1.36 bits per heavy atom. The number of fused-ring (bicyclic) bond motifs is 1. The minimum atomic E-state index is -3.84. The largest absolute Gasteiger partial charge is 0.278 e. The Morgan fingerprint density at radius 3 is 2.71 bits per heavy atom. The SMILES string of the molecule is O=S(=O)(Cl)c1[nH]nc2cccc(Cl)c12. The van der Waals surface area contributed by atoms with Crippen LogP contribution in [0.2, 0.25) is 5.02 Å². The molecule has 2 rings (SSSR count). The van der Waals surface area contributed by atoms with Crippen LogP contribution in [0.1, 0.15) is 0 Å². The standard InChI is InChI=1S/C7H4Cl2N2O2S/c8-4-2-1-3-5-6(4)7(11-10-5)14(9,12)13/h1-3H,(H,10,11).